The molecule has 41 heavy (non-hydrogen) atoms. The fourth-order valence-corrected chi connectivity index (χ4v) is 3.64. The molecule has 0 saturated carbocycles. The molecule has 0 fully saturated rings. The summed E-state index contributed by atoms with van der Waals surface area (Å²) in [6, 6.07) is 9.92. The normalized spacial score (nSPS) is 13.3. The Morgan fingerprint density at radius 3 is 2.07 bits per heavy atom. The Hall–Kier alpha value is -4.48. The molecule has 3 atom stereocenters. The van der Waals surface area contributed by atoms with Gasteiger partial charge in [0, 0.05) is 18.3 Å². The molecule has 2 rings (SSSR count). The van der Waals surface area contributed by atoms with E-state index >= 15 is 0 Å². The zero-order valence-corrected chi connectivity index (χ0v) is 23.9. The molecule has 12 nitrogen and oxygen atoms in total. The maximum absolute atomic E-state index is 13.4. The third-order valence-electron chi connectivity index (χ3n) is 5.62. The maximum Gasteiger partial charge on any atom is 0.408 e. The molecule has 4 N–H and O–H groups in total. The summed E-state index contributed by atoms with van der Waals surface area (Å²) in [6.07, 6.45) is -0.0873. The van der Waals surface area contributed by atoms with Crippen molar-refractivity contribution < 1.29 is 38.6 Å². The number of aliphatic carboxylic acids is 1. The van der Waals surface area contributed by atoms with E-state index in [0.29, 0.717) is 11.3 Å². The number of carbonyl (C=O) groups is 5. The van der Waals surface area contributed by atoms with E-state index in [9.17, 15) is 29.1 Å². The monoisotopic (exact) mass is 570 g/mol. The van der Waals surface area contributed by atoms with Gasteiger partial charge in [-0.05, 0) is 44.4 Å². The quantitative estimate of drug-likeness (QED) is 0.264. The van der Waals surface area contributed by atoms with E-state index in [2.05, 4.69) is 20.9 Å². The first kappa shape index (κ1) is 32.7. The van der Waals surface area contributed by atoms with E-state index in [4.69, 9.17) is 9.47 Å². The lowest BCUT2D eigenvalue weighted by atomic mass is 10.0. The van der Waals surface area contributed by atoms with Crippen LogP contribution in [0, 0.1) is 5.92 Å². The van der Waals surface area contributed by atoms with Gasteiger partial charge in [-0.1, -0.05) is 50.2 Å². The number of aromatic nitrogens is 1. The molecule has 0 spiro atoms. The molecule has 0 aliphatic carbocycles. The minimum Gasteiger partial charge on any atom is -0.480 e. The van der Waals surface area contributed by atoms with Crippen molar-refractivity contribution in [3.8, 4) is 0 Å². The molecule has 0 aliphatic heterocycles. The molecule has 1 unspecified atom stereocenters. The standard InChI is InChI=1S/C29H38N4O8/c1-18(2)24(27(37)38)33-26(36)21(15-20-13-9-10-14-30-20)31-25(35)22(16-23(34)41-29(3,4)5)32-28(39)40-17-19-11-7-6-8-12-19/h6-14,18,21-22,24H,15-17H2,1-5H3,(H,31,35)(H,32,39)(H,33,36)(H,37,38)/t21?,22-,24-/m0/s1. The van der Waals surface area contributed by atoms with Crippen LogP contribution < -0.4 is 16.0 Å². The van der Waals surface area contributed by atoms with E-state index < -0.39 is 65.9 Å². The van der Waals surface area contributed by atoms with Gasteiger partial charge in [0.1, 0.15) is 30.3 Å². The molecule has 12 heteroatoms. The molecule has 0 bridgehead atoms. The van der Waals surface area contributed by atoms with Crippen LogP contribution in [-0.2, 0) is 41.7 Å². The van der Waals surface area contributed by atoms with E-state index in [1.165, 1.54) is 6.20 Å². The van der Waals surface area contributed by atoms with E-state index in [0.717, 1.165) is 0 Å². The zero-order valence-electron chi connectivity index (χ0n) is 23.9. The molecule has 2 aromatic rings. The lowest BCUT2D eigenvalue weighted by molar-refractivity contribution is -0.156. The topological polar surface area (TPSA) is 173 Å². The predicted octanol–water partition coefficient (Wildman–Crippen LogP) is 2.36. The third-order valence-corrected chi connectivity index (χ3v) is 5.62. The van der Waals surface area contributed by atoms with E-state index in [-0.39, 0.29) is 13.0 Å². The van der Waals surface area contributed by atoms with E-state index in [1.807, 2.05) is 6.07 Å². The summed E-state index contributed by atoms with van der Waals surface area (Å²) in [5, 5.41) is 16.9. The number of hydrogen-bond acceptors (Lipinski definition) is 8. The van der Waals surface area contributed by atoms with Gasteiger partial charge in [-0.25, -0.2) is 9.59 Å². The van der Waals surface area contributed by atoms with Gasteiger partial charge in [-0.3, -0.25) is 19.4 Å². The number of pyridine rings is 1. The second kappa shape index (κ2) is 15.3. The van der Waals surface area contributed by atoms with Gasteiger partial charge in [-0.2, -0.15) is 0 Å². The number of nitrogens with one attached hydrogen (secondary N) is 3. The lowest BCUT2D eigenvalue weighted by Crippen LogP contribution is -2.57. The number of amides is 3. The van der Waals surface area contributed by atoms with Crippen molar-refractivity contribution in [3.05, 3.63) is 66.0 Å². The fourth-order valence-electron chi connectivity index (χ4n) is 3.64. The van der Waals surface area contributed by atoms with Gasteiger partial charge in [0.25, 0.3) is 0 Å². The molecular formula is C29H38N4O8. The average molecular weight is 571 g/mol. The van der Waals surface area contributed by atoms with Crippen LogP contribution in [0.4, 0.5) is 4.79 Å². The fraction of sp³-hybridized carbons (Fsp3) is 0.448. The molecule has 1 heterocycles. The minimum atomic E-state index is -1.47. The molecule has 3 amide bonds. The smallest absolute Gasteiger partial charge is 0.408 e. The first-order chi connectivity index (χ1) is 19.2. The molecule has 1 aromatic heterocycles. The largest absolute Gasteiger partial charge is 0.480 e. The van der Waals surface area contributed by atoms with Crippen LogP contribution >= 0.6 is 0 Å². The Balaban J connectivity index is 2.25. The number of ether oxygens (including phenoxy) is 2. The van der Waals surface area contributed by atoms with Gasteiger partial charge < -0.3 is 30.5 Å². The highest BCUT2D eigenvalue weighted by atomic mass is 16.6. The minimum absolute atomic E-state index is 0.0794. The summed E-state index contributed by atoms with van der Waals surface area (Å²) in [7, 11) is 0. The van der Waals surface area contributed by atoms with Crippen molar-refractivity contribution in [2.24, 2.45) is 5.92 Å². The number of carboxylic acids is 1. The number of alkyl carbamates (subject to hydrolysis) is 1. The van der Waals surface area contributed by atoms with E-state index in [1.54, 1.807) is 77.1 Å². The highest BCUT2D eigenvalue weighted by Gasteiger charge is 2.33. The summed E-state index contributed by atoms with van der Waals surface area (Å²) >= 11 is 0. The van der Waals surface area contributed by atoms with Gasteiger partial charge in [-0.15, -0.1) is 0 Å². The molecule has 0 radical (unpaired) electrons. The van der Waals surface area contributed by atoms with Crippen LogP contribution in [-0.4, -0.2) is 63.7 Å². The number of nitrogens with zero attached hydrogens (tertiary/aromatic N) is 1. The Labute approximate surface area is 239 Å². The van der Waals surface area contributed by atoms with Gasteiger partial charge >= 0.3 is 18.0 Å². The Morgan fingerprint density at radius 1 is 0.878 bits per heavy atom. The molecule has 0 saturated heterocycles. The Bertz CT molecular complexity index is 1180. The second-order valence-corrected chi connectivity index (χ2v) is 10.7. The van der Waals surface area contributed by atoms with Crippen molar-refractivity contribution >= 4 is 29.8 Å². The number of benzene rings is 1. The molecule has 0 aliphatic rings. The van der Waals surface area contributed by atoms with Crippen LogP contribution in [0.3, 0.4) is 0 Å². The van der Waals surface area contributed by atoms with Crippen LogP contribution in [0.2, 0.25) is 0 Å². The maximum atomic E-state index is 13.4. The molecule has 222 valence electrons. The Kier molecular flexibility index (Phi) is 12.2. The first-order valence-electron chi connectivity index (χ1n) is 13.2. The predicted molar refractivity (Wildman–Crippen MR) is 148 cm³/mol. The lowest BCUT2D eigenvalue weighted by Gasteiger charge is -2.26. The first-order valence-corrected chi connectivity index (χ1v) is 13.2. The number of esters is 1. The number of rotatable bonds is 13. The molecular weight excluding hydrogens is 532 g/mol. The van der Waals surface area contributed by atoms with Crippen molar-refractivity contribution in [1.29, 1.82) is 0 Å². The summed E-state index contributed by atoms with van der Waals surface area (Å²) in [4.78, 5) is 67.6. The summed E-state index contributed by atoms with van der Waals surface area (Å²) in [6.45, 7) is 8.15. The number of carboxylic acid groups (broad SMARTS) is 1. The SMILES string of the molecule is CC(C)[C@H](NC(=O)C(Cc1ccccn1)NC(=O)[C@H](CC(=O)OC(C)(C)C)NC(=O)OCc1ccccc1)C(=O)O. The molecule has 1 aromatic carbocycles. The van der Waals surface area contributed by atoms with Crippen LogP contribution in [0.1, 0.15) is 52.3 Å². The zero-order chi connectivity index (χ0) is 30.6. The van der Waals surface area contributed by atoms with Crippen LogP contribution in [0.25, 0.3) is 0 Å². The second-order valence-electron chi connectivity index (χ2n) is 10.7. The van der Waals surface area contributed by atoms with Crippen LogP contribution in [0.5, 0.6) is 0 Å². The van der Waals surface area contributed by atoms with Crippen molar-refractivity contribution in [2.45, 2.75) is 77.8 Å². The average Bonchev–Trinajstić information content (AvgIpc) is 2.89. The summed E-state index contributed by atoms with van der Waals surface area (Å²) in [5.74, 6) is -4.09. The Morgan fingerprint density at radius 2 is 1.51 bits per heavy atom. The van der Waals surface area contributed by atoms with Crippen molar-refractivity contribution in [2.75, 3.05) is 0 Å². The van der Waals surface area contributed by atoms with Crippen LogP contribution in [0.15, 0.2) is 54.7 Å². The van der Waals surface area contributed by atoms with Gasteiger partial charge in [0.05, 0.1) is 6.42 Å². The summed E-state index contributed by atoms with van der Waals surface area (Å²) < 4.78 is 10.5. The highest BCUT2D eigenvalue weighted by molar-refractivity contribution is 5.94. The van der Waals surface area contributed by atoms with Gasteiger partial charge in [0.15, 0.2) is 0 Å². The van der Waals surface area contributed by atoms with Gasteiger partial charge in [0.2, 0.25) is 11.8 Å². The number of carbonyl (C=O) groups excluding carboxylic acids is 4. The van der Waals surface area contributed by atoms with Crippen molar-refractivity contribution in [1.82, 2.24) is 20.9 Å². The number of hydrogen-bond donors (Lipinski definition) is 4. The third kappa shape index (κ3) is 12.1. The van der Waals surface area contributed by atoms with Crippen molar-refractivity contribution in [3.63, 3.8) is 0 Å². The highest BCUT2D eigenvalue weighted by Crippen LogP contribution is 2.11. The summed E-state index contributed by atoms with van der Waals surface area (Å²) in [5.41, 5.74) is 0.306.